The highest BCUT2D eigenvalue weighted by Gasteiger charge is 2.20. The zero-order valence-corrected chi connectivity index (χ0v) is 6.81. The summed E-state index contributed by atoms with van der Waals surface area (Å²) in [6.45, 7) is 7.94. The second-order valence-electron chi connectivity index (χ2n) is 2.59. The standard InChI is InChI=1S/C9H6F3N/c1-5(13-2)9-7(11)3-6(10)4-8(9)12/h3-5H,1H3. The van der Waals surface area contributed by atoms with Crippen molar-refractivity contribution in [3.63, 3.8) is 0 Å². The van der Waals surface area contributed by atoms with Crippen LogP contribution >= 0.6 is 0 Å². The predicted octanol–water partition coefficient (Wildman–Crippen LogP) is 3.08. The van der Waals surface area contributed by atoms with Gasteiger partial charge in [0.25, 0.3) is 6.04 Å². The first kappa shape index (κ1) is 9.59. The van der Waals surface area contributed by atoms with E-state index in [2.05, 4.69) is 4.85 Å². The maximum absolute atomic E-state index is 12.9. The molecule has 1 nitrogen and oxygen atoms in total. The Morgan fingerprint density at radius 3 is 2.08 bits per heavy atom. The molecular weight excluding hydrogens is 179 g/mol. The van der Waals surface area contributed by atoms with Crippen LogP contribution in [0.4, 0.5) is 13.2 Å². The molecule has 0 aliphatic rings. The maximum Gasteiger partial charge on any atom is 0.251 e. The van der Waals surface area contributed by atoms with Gasteiger partial charge in [0.15, 0.2) is 0 Å². The van der Waals surface area contributed by atoms with Crippen LogP contribution in [0.1, 0.15) is 18.5 Å². The first-order chi connectivity index (χ1) is 6.06. The van der Waals surface area contributed by atoms with Gasteiger partial charge in [-0.25, -0.2) is 19.7 Å². The highest BCUT2D eigenvalue weighted by Crippen LogP contribution is 2.24. The minimum atomic E-state index is -1.01. The zero-order chi connectivity index (χ0) is 10.0. The monoisotopic (exact) mass is 185 g/mol. The number of hydrogen-bond donors (Lipinski definition) is 0. The number of rotatable bonds is 1. The van der Waals surface area contributed by atoms with Crippen LogP contribution in [0.5, 0.6) is 0 Å². The van der Waals surface area contributed by atoms with E-state index in [0.29, 0.717) is 12.1 Å². The van der Waals surface area contributed by atoms with Crippen LogP contribution in [0, 0.1) is 24.0 Å². The van der Waals surface area contributed by atoms with E-state index in [4.69, 9.17) is 6.57 Å². The van der Waals surface area contributed by atoms with Crippen LogP contribution in [-0.2, 0) is 0 Å². The summed E-state index contributed by atoms with van der Waals surface area (Å²) >= 11 is 0. The van der Waals surface area contributed by atoms with E-state index in [1.54, 1.807) is 0 Å². The molecule has 0 saturated carbocycles. The molecule has 0 aromatic heterocycles. The normalized spacial score (nSPS) is 12.2. The summed E-state index contributed by atoms with van der Waals surface area (Å²) in [6.07, 6.45) is 0. The molecular formula is C9H6F3N. The fraction of sp³-hybridized carbons (Fsp3) is 0.222. The van der Waals surface area contributed by atoms with Gasteiger partial charge in [0.2, 0.25) is 0 Å². The second-order valence-corrected chi connectivity index (χ2v) is 2.59. The molecule has 1 rings (SSSR count). The Balaban J connectivity index is 3.30. The van der Waals surface area contributed by atoms with E-state index in [1.165, 1.54) is 6.92 Å². The van der Waals surface area contributed by atoms with Crippen molar-refractivity contribution in [1.82, 2.24) is 0 Å². The Hall–Kier alpha value is -1.50. The van der Waals surface area contributed by atoms with Crippen LogP contribution in [0.15, 0.2) is 12.1 Å². The number of benzene rings is 1. The molecule has 0 radical (unpaired) electrons. The first-order valence-electron chi connectivity index (χ1n) is 3.57. The largest absolute Gasteiger partial charge is 0.309 e. The van der Waals surface area contributed by atoms with Crippen molar-refractivity contribution in [3.8, 4) is 0 Å². The van der Waals surface area contributed by atoms with Crippen molar-refractivity contribution >= 4 is 0 Å². The lowest BCUT2D eigenvalue weighted by molar-refractivity contribution is 0.519. The lowest BCUT2D eigenvalue weighted by Gasteiger charge is -2.03. The molecule has 1 unspecified atom stereocenters. The second kappa shape index (κ2) is 3.48. The van der Waals surface area contributed by atoms with Crippen molar-refractivity contribution < 1.29 is 13.2 Å². The third-order valence-electron chi connectivity index (χ3n) is 1.66. The molecule has 0 fully saturated rings. The summed E-state index contributed by atoms with van der Waals surface area (Å²) in [5.41, 5.74) is -0.378. The molecule has 0 amide bonds. The molecule has 0 bridgehead atoms. The van der Waals surface area contributed by atoms with Crippen molar-refractivity contribution in [2.45, 2.75) is 13.0 Å². The van der Waals surface area contributed by atoms with Gasteiger partial charge in [-0.3, -0.25) is 0 Å². The topological polar surface area (TPSA) is 4.36 Å². The molecule has 0 saturated heterocycles. The van der Waals surface area contributed by atoms with Crippen LogP contribution in [-0.4, -0.2) is 0 Å². The van der Waals surface area contributed by atoms with Crippen LogP contribution in [0.3, 0.4) is 0 Å². The minimum absolute atomic E-state index is 0.378. The summed E-state index contributed by atoms with van der Waals surface area (Å²) in [7, 11) is 0. The fourth-order valence-corrected chi connectivity index (χ4v) is 1.02. The van der Waals surface area contributed by atoms with Crippen molar-refractivity contribution in [2.24, 2.45) is 0 Å². The predicted molar refractivity (Wildman–Crippen MR) is 41.3 cm³/mol. The third-order valence-corrected chi connectivity index (χ3v) is 1.66. The summed E-state index contributed by atoms with van der Waals surface area (Å²) in [5.74, 6) is -3.00. The van der Waals surface area contributed by atoms with Crippen LogP contribution in [0.2, 0.25) is 0 Å². The lowest BCUT2D eigenvalue weighted by Crippen LogP contribution is -1.98. The van der Waals surface area contributed by atoms with Gasteiger partial charge in [0.1, 0.15) is 23.0 Å². The molecule has 0 aliphatic heterocycles. The van der Waals surface area contributed by atoms with E-state index in [1.807, 2.05) is 0 Å². The number of hydrogen-bond acceptors (Lipinski definition) is 0. The molecule has 0 spiro atoms. The Morgan fingerprint density at radius 1 is 1.23 bits per heavy atom. The summed E-state index contributed by atoms with van der Waals surface area (Å²) in [6, 6.07) is 0.209. The number of halogens is 3. The van der Waals surface area contributed by atoms with Gasteiger partial charge < -0.3 is 4.85 Å². The van der Waals surface area contributed by atoms with E-state index < -0.39 is 23.5 Å². The highest BCUT2D eigenvalue weighted by atomic mass is 19.1. The summed E-state index contributed by atoms with van der Waals surface area (Å²) in [4.78, 5) is 2.96. The number of nitrogens with zero attached hydrogens (tertiary/aromatic N) is 1. The molecule has 13 heavy (non-hydrogen) atoms. The Morgan fingerprint density at radius 2 is 1.69 bits per heavy atom. The lowest BCUT2D eigenvalue weighted by atomic mass is 10.1. The smallest absolute Gasteiger partial charge is 0.251 e. The SMILES string of the molecule is [C-]#[N+]C(C)c1c(F)cc(F)cc1F. The molecule has 0 N–H and O–H groups in total. The van der Waals surface area contributed by atoms with E-state index in [9.17, 15) is 13.2 Å². The quantitative estimate of drug-likeness (QED) is 0.592. The van der Waals surface area contributed by atoms with Crippen molar-refractivity contribution in [2.75, 3.05) is 0 Å². The maximum atomic E-state index is 12.9. The van der Waals surface area contributed by atoms with Gasteiger partial charge >= 0.3 is 0 Å². The molecule has 0 aliphatic carbocycles. The van der Waals surface area contributed by atoms with Gasteiger partial charge in [-0.15, -0.1) is 0 Å². The average molecular weight is 185 g/mol. The molecule has 4 heteroatoms. The fourth-order valence-electron chi connectivity index (χ4n) is 1.02. The minimum Gasteiger partial charge on any atom is -0.309 e. The summed E-state index contributed by atoms with van der Waals surface area (Å²) in [5, 5.41) is 0. The van der Waals surface area contributed by atoms with Gasteiger partial charge in [0, 0.05) is 19.1 Å². The van der Waals surface area contributed by atoms with E-state index in [0.717, 1.165) is 0 Å². The van der Waals surface area contributed by atoms with E-state index >= 15 is 0 Å². The molecule has 1 aromatic rings. The summed E-state index contributed by atoms with van der Waals surface area (Å²) < 4.78 is 38.3. The van der Waals surface area contributed by atoms with Gasteiger partial charge in [0.05, 0.1) is 0 Å². The third kappa shape index (κ3) is 1.81. The van der Waals surface area contributed by atoms with Crippen molar-refractivity contribution in [3.05, 3.63) is 46.6 Å². The Kier molecular flexibility index (Phi) is 2.57. The van der Waals surface area contributed by atoms with Crippen molar-refractivity contribution in [1.29, 1.82) is 0 Å². The molecule has 68 valence electrons. The molecule has 1 aromatic carbocycles. The van der Waals surface area contributed by atoms with Gasteiger partial charge in [-0.1, -0.05) is 0 Å². The van der Waals surface area contributed by atoms with Gasteiger partial charge in [-0.05, 0) is 0 Å². The van der Waals surface area contributed by atoms with Crippen LogP contribution < -0.4 is 0 Å². The molecule has 0 heterocycles. The Labute approximate surface area is 73.6 Å². The van der Waals surface area contributed by atoms with Crippen LogP contribution in [0.25, 0.3) is 4.85 Å². The molecule has 1 atom stereocenters. The average Bonchev–Trinajstić information content (AvgIpc) is 2.02. The Bertz CT molecular complexity index is 345. The van der Waals surface area contributed by atoms with E-state index in [-0.39, 0.29) is 5.56 Å². The first-order valence-corrected chi connectivity index (χ1v) is 3.57. The van der Waals surface area contributed by atoms with Gasteiger partial charge in [-0.2, -0.15) is 0 Å². The zero-order valence-electron chi connectivity index (χ0n) is 6.81. The highest BCUT2D eigenvalue weighted by molar-refractivity contribution is 5.25.